The number of hydrogen-bond acceptors (Lipinski definition) is 4. The molecule has 0 aromatic heterocycles. The molecular formula is C5H12O3S. The molecule has 0 radical (unpaired) electrons. The second-order valence-electron chi connectivity index (χ2n) is 1.98. The fraction of sp³-hybridized carbons (Fsp3) is 1.00. The lowest BCUT2D eigenvalue weighted by Crippen LogP contribution is -2.36. The van der Waals surface area contributed by atoms with Gasteiger partial charge in [-0.15, -0.1) is 0 Å². The Morgan fingerprint density at radius 1 is 1.33 bits per heavy atom. The monoisotopic (exact) mass is 152 g/mol. The van der Waals surface area contributed by atoms with E-state index in [0.717, 1.165) is 0 Å². The largest absolute Gasteiger partial charge is 0.391 e. The van der Waals surface area contributed by atoms with Crippen molar-refractivity contribution in [1.29, 1.82) is 0 Å². The molecular weight excluding hydrogens is 140 g/mol. The van der Waals surface area contributed by atoms with Crippen LogP contribution < -0.4 is 0 Å². The van der Waals surface area contributed by atoms with E-state index < -0.39 is 18.3 Å². The van der Waals surface area contributed by atoms with E-state index in [4.69, 9.17) is 15.3 Å². The molecule has 0 spiro atoms. The average molecular weight is 152 g/mol. The van der Waals surface area contributed by atoms with E-state index in [0.29, 0.717) is 0 Å². The first-order valence-electron chi connectivity index (χ1n) is 2.74. The van der Waals surface area contributed by atoms with Crippen LogP contribution in [0.25, 0.3) is 0 Å². The van der Waals surface area contributed by atoms with E-state index in [9.17, 15) is 0 Å². The van der Waals surface area contributed by atoms with Crippen LogP contribution in [0.15, 0.2) is 0 Å². The van der Waals surface area contributed by atoms with Gasteiger partial charge >= 0.3 is 0 Å². The van der Waals surface area contributed by atoms with Crippen molar-refractivity contribution in [2.45, 2.75) is 25.2 Å². The summed E-state index contributed by atoms with van der Waals surface area (Å²) in [7, 11) is 0. The van der Waals surface area contributed by atoms with Crippen LogP contribution in [0.3, 0.4) is 0 Å². The SMILES string of the molecule is CC(O)C(O)C(O)CS. The Morgan fingerprint density at radius 3 is 1.89 bits per heavy atom. The maximum atomic E-state index is 8.85. The van der Waals surface area contributed by atoms with Gasteiger partial charge in [0, 0.05) is 5.75 Å². The number of thiol groups is 1. The average Bonchev–Trinajstić information content (AvgIpc) is 1.84. The fourth-order valence-electron chi connectivity index (χ4n) is 0.429. The summed E-state index contributed by atoms with van der Waals surface area (Å²) >= 11 is 3.73. The van der Waals surface area contributed by atoms with Gasteiger partial charge in [-0.25, -0.2) is 0 Å². The normalized spacial score (nSPS) is 21.0. The predicted molar refractivity (Wildman–Crippen MR) is 37.5 cm³/mol. The van der Waals surface area contributed by atoms with Crippen LogP contribution in [0, 0.1) is 0 Å². The van der Waals surface area contributed by atoms with Gasteiger partial charge in [-0.3, -0.25) is 0 Å². The third-order valence-electron chi connectivity index (χ3n) is 1.08. The first-order chi connectivity index (χ1) is 4.09. The maximum absolute atomic E-state index is 8.85. The predicted octanol–water partition coefficient (Wildman–Crippen LogP) is -0.981. The van der Waals surface area contributed by atoms with Gasteiger partial charge in [-0.2, -0.15) is 12.6 Å². The lowest BCUT2D eigenvalue weighted by atomic mass is 10.1. The molecule has 0 aliphatic carbocycles. The number of rotatable bonds is 3. The molecule has 0 heterocycles. The van der Waals surface area contributed by atoms with E-state index in [2.05, 4.69) is 12.6 Å². The Morgan fingerprint density at radius 2 is 1.78 bits per heavy atom. The van der Waals surface area contributed by atoms with Gasteiger partial charge in [-0.1, -0.05) is 0 Å². The van der Waals surface area contributed by atoms with Crippen molar-refractivity contribution in [3.63, 3.8) is 0 Å². The summed E-state index contributed by atoms with van der Waals surface area (Å²) < 4.78 is 0. The molecule has 3 unspecified atom stereocenters. The summed E-state index contributed by atoms with van der Waals surface area (Å²) in [5.74, 6) is 0.159. The quantitative estimate of drug-likeness (QED) is 0.393. The highest BCUT2D eigenvalue weighted by Crippen LogP contribution is 2.00. The van der Waals surface area contributed by atoms with Gasteiger partial charge in [0.05, 0.1) is 12.2 Å². The highest BCUT2D eigenvalue weighted by atomic mass is 32.1. The van der Waals surface area contributed by atoms with Gasteiger partial charge in [0.1, 0.15) is 6.10 Å². The van der Waals surface area contributed by atoms with E-state index in [1.807, 2.05) is 0 Å². The molecule has 0 saturated heterocycles. The van der Waals surface area contributed by atoms with E-state index >= 15 is 0 Å². The minimum Gasteiger partial charge on any atom is -0.391 e. The van der Waals surface area contributed by atoms with Crippen molar-refractivity contribution in [2.75, 3.05) is 5.75 Å². The summed E-state index contributed by atoms with van der Waals surface area (Å²) in [6.07, 6.45) is -2.91. The molecule has 3 atom stereocenters. The van der Waals surface area contributed by atoms with Crippen molar-refractivity contribution >= 4 is 12.6 Å². The molecule has 4 heteroatoms. The second-order valence-corrected chi connectivity index (χ2v) is 2.35. The fourth-order valence-corrected chi connectivity index (χ4v) is 0.645. The topological polar surface area (TPSA) is 60.7 Å². The summed E-state index contributed by atoms with van der Waals surface area (Å²) in [6.45, 7) is 1.41. The molecule has 0 saturated carbocycles. The Hall–Kier alpha value is 0.230. The smallest absolute Gasteiger partial charge is 0.106 e. The van der Waals surface area contributed by atoms with Gasteiger partial charge < -0.3 is 15.3 Å². The van der Waals surface area contributed by atoms with Crippen LogP contribution in [0.5, 0.6) is 0 Å². The van der Waals surface area contributed by atoms with Gasteiger partial charge in [0.25, 0.3) is 0 Å². The van der Waals surface area contributed by atoms with Crippen LogP contribution in [0.2, 0.25) is 0 Å². The first kappa shape index (κ1) is 9.23. The highest BCUT2D eigenvalue weighted by molar-refractivity contribution is 7.80. The number of hydrogen-bond donors (Lipinski definition) is 4. The summed E-state index contributed by atoms with van der Waals surface area (Å²) in [4.78, 5) is 0. The number of aliphatic hydroxyl groups excluding tert-OH is 3. The van der Waals surface area contributed by atoms with Crippen LogP contribution >= 0.6 is 12.6 Å². The third kappa shape index (κ3) is 3.05. The van der Waals surface area contributed by atoms with Crippen LogP contribution in [-0.2, 0) is 0 Å². The van der Waals surface area contributed by atoms with Gasteiger partial charge in [-0.05, 0) is 6.92 Å². The van der Waals surface area contributed by atoms with Gasteiger partial charge in [0.15, 0.2) is 0 Å². The maximum Gasteiger partial charge on any atom is 0.106 e. The van der Waals surface area contributed by atoms with E-state index in [-0.39, 0.29) is 5.75 Å². The van der Waals surface area contributed by atoms with Crippen molar-refractivity contribution in [3.8, 4) is 0 Å². The van der Waals surface area contributed by atoms with Crippen molar-refractivity contribution in [3.05, 3.63) is 0 Å². The summed E-state index contributed by atoms with van der Waals surface area (Å²) in [5.41, 5.74) is 0. The molecule has 0 rings (SSSR count). The zero-order valence-corrected chi connectivity index (χ0v) is 6.12. The van der Waals surface area contributed by atoms with E-state index in [1.165, 1.54) is 6.92 Å². The Labute approximate surface area is 59.7 Å². The molecule has 0 aliphatic rings. The van der Waals surface area contributed by atoms with E-state index in [1.54, 1.807) is 0 Å². The minimum absolute atomic E-state index is 0.159. The van der Waals surface area contributed by atoms with Crippen LogP contribution in [0.1, 0.15) is 6.92 Å². The summed E-state index contributed by atoms with van der Waals surface area (Å²) in [5, 5.41) is 26.3. The van der Waals surface area contributed by atoms with Gasteiger partial charge in [0.2, 0.25) is 0 Å². The lowest BCUT2D eigenvalue weighted by molar-refractivity contribution is -0.0417. The molecule has 56 valence electrons. The molecule has 0 aromatic rings. The molecule has 0 aromatic carbocycles. The van der Waals surface area contributed by atoms with Crippen molar-refractivity contribution < 1.29 is 15.3 Å². The highest BCUT2D eigenvalue weighted by Gasteiger charge is 2.18. The molecule has 3 nitrogen and oxygen atoms in total. The molecule has 0 bridgehead atoms. The second kappa shape index (κ2) is 4.11. The van der Waals surface area contributed by atoms with Crippen LogP contribution in [0.4, 0.5) is 0 Å². The third-order valence-corrected chi connectivity index (χ3v) is 1.45. The van der Waals surface area contributed by atoms with Crippen molar-refractivity contribution in [2.24, 2.45) is 0 Å². The molecule has 9 heavy (non-hydrogen) atoms. The first-order valence-corrected chi connectivity index (χ1v) is 3.38. The summed E-state index contributed by atoms with van der Waals surface area (Å²) in [6, 6.07) is 0. The zero-order chi connectivity index (χ0) is 7.44. The van der Waals surface area contributed by atoms with Crippen molar-refractivity contribution in [1.82, 2.24) is 0 Å². The Kier molecular flexibility index (Phi) is 4.22. The Bertz CT molecular complexity index is 76.6. The molecule has 0 aliphatic heterocycles. The number of aliphatic hydroxyl groups is 3. The Balaban J connectivity index is 3.58. The molecule has 0 fully saturated rings. The standard InChI is InChI=1S/C5H12O3S/c1-3(6)5(8)4(7)2-9/h3-9H,2H2,1H3. The minimum atomic E-state index is -1.08. The molecule has 3 N–H and O–H groups in total. The lowest BCUT2D eigenvalue weighted by Gasteiger charge is -2.17. The zero-order valence-electron chi connectivity index (χ0n) is 5.23. The molecule has 0 amide bonds. The van der Waals surface area contributed by atoms with Crippen LogP contribution in [-0.4, -0.2) is 39.4 Å².